The SMILES string of the molecule is CCNC(=NCCCOCC(C)C)NCCC(C)C.I. The second kappa shape index (κ2) is 15.4. The van der Waals surface area contributed by atoms with Crippen LogP contribution < -0.4 is 10.6 Å². The Kier molecular flexibility index (Phi) is 17.1. The van der Waals surface area contributed by atoms with Gasteiger partial charge in [-0.25, -0.2) is 0 Å². The molecule has 0 amide bonds. The molecule has 0 atom stereocenters. The van der Waals surface area contributed by atoms with Gasteiger partial charge >= 0.3 is 0 Å². The quantitative estimate of drug-likeness (QED) is 0.257. The number of rotatable bonds is 10. The van der Waals surface area contributed by atoms with E-state index in [1.54, 1.807) is 0 Å². The van der Waals surface area contributed by atoms with Crippen molar-refractivity contribution in [3.63, 3.8) is 0 Å². The van der Waals surface area contributed by atoms with Gasteiger partial charge in [-0.2, -0.15) is 0 Å². The zero-order chi connectivity index (χ0) is 14.5. The Labute approximate surface area is 142 Å². The van der Waals surface area contributed by atoms with Gasteiger partial charge in [-0.05, 0) is 31.6 Å². The molecule has 4 nitrogen and oxygen atoms in total. The summed E-state index contributed by atoms with van der Waals surface area (Å²) in [5.74, 6) is 2.25. The third-order valence-corrected chi connectivity index (χ3v) is 2.53. The van der Waals surface area contributed by atoms with Gasteiger partial charge in [-0.3, -0.25) is 4.99 Å². The maximum atomic E-state index is 5.54. The van der Waals surface area contributed by atoms with Crippen LogP contribution in [0.3, 0.4) is 0 Å². The summed E-state index contributed by atoms with van der Waals surface area (Å²) in [6.07, 6.45) is 2.15. The highest BCUT2D eigenvalue weighted by Gasteiger charge is 1.98. The van der Waals surface area contributed by atoms with Crippen molar-refractivity contribution in [3.8, 4) is 0 Å². The molecule has 0 aliphatic heterocycles. The van der Waals surface area contributed by atoms with Crippen molar-refractivity contribution < 1.29 is 4.74 Å². The predicted octanol–water partition coefficient (Wildman–Crippen LogP) is 3.27. The van der Waals surface area contributed by atoms with Crippen LogP contribution in [0.15, 0.2) is 4.99 Å². The van der Waals surface area contributed by atoms with Crippen LogP contribution in [-0.4, -0.2) is 38.8 Å². The topological polar surface area (TPSA) is 45.7 Å². The third-order valence-electron chi connectivity index (χ3n) is 2.53. The van der Waals surface area contributed by atoms with Crippen LogP contribution in [0.2, 0.25) is 0 Å². The molecule has 0 unspecified atom stereocenters. The number of aliphatic imine (C=N–C) groups is 1. The summed E-state index contributed by atoms with van der Waals surface area (Å²) in [4.78, 5) is 4.54. The molecule has 0 aromatic carbocycles. The molecule has 0 radical (unpaired) electrons. The number of guanidine groups is 1. The first-order chi connectivity index (χ1) is 9.06. The Morgan fingerprint density at radius 3 is 2.35 bits per heavy atom. The summed E-state index contributed by atoms with van der Waals surface area (Å²) in [7, 11) is 0. The molecule has 5 heteroatoms. The van der Waals surface area contributed by atoms with Gasteiger partial charge in [0.05, 0.1) is 0 Å². The van der Waals surface area contributed by atoms with Gasteiger partial charge in [-0.1, -0.05) is 27.7 Å². The molecule has 0 saturated heterocycles. The van der Waals surface area contributed by atoms with Crippen molar-refractivity contribution in [2.24, 2.45) is 16.8 Å². The summed E-state index contributed by atoms with van der Waals surface area (Å²) in [5.41, 5.74) is 0. The van der Waals surface area contributed by atoms with Crippen molar-refractivity contribution in [1.82, 2.24) is 10.6 Å². The Morgan fingerprint density at radius 1 is 1.10 bits per heavy atom. The Morgan fingerprint density at radius 2 is 1.80 bits per heavy atom. The lowest BCUT2D eigenvalue weighted by atomic mass is 10.1. The van der Waals surface area contributed by atoms with Gasteiger partial charge < -0.3 is 15.4 Å². The minimum absolute atomic E-state index is 0. The van der Waals surface area contributed by atoms with Crippen LogP contribution in [0.1, 0.15) is 47.5 Å². The summed E-state index contributed by atoms with van der Waals surface area (Å²) in [5, 5.41) is 6.62. The molecule has 0 aromatic rings. The average Bonchev–Trinajstić information content (AvgIpc) is 2.32. The summed E-state index contributed by atoms with van der Waals surface area (Å²) in [6.45, 7) is 15.2. The molecular weight excluding hydrogens is 365 g/mol. The van der Waals surface area contributed by atoms with Crippen molar-refractivity contribution in [2.45, 2.75) is 47.5 Å². The number of hydrogen-bond acceptors (Lipinski definition) is 2. The van der Waals surface area contributed by atoms with E-state index in [0.29, 0.717) is 5.92 Å². The molecule has 0 fully saturated rings. The first kappa shape index (κ1) is 22.2. The molecule has 0 rings (SSSR count). The van der Waals surface area contributed by atoms with Gasteiger partial charge in [0.1, 0.15) is 0 Å². The summed E-state index contributed by atoms with van der Waals surface area (Å²) in [6, 6.07) is 0. The molecule has 0 bridgehead atoms. The third kappa shape index (κ3) is 16.0. The van der Waals surface area contributed by atoms with Gasteiger partial charge in [-0.15, -0.1) is 24.0 Å². The van der Waals surface area contributed by atoms with E-state index in [2.05, 4.69) is 50.2 Å². The Balaban J connectivity index is 0. The monoisotopic (exact) mass is 399 g/mol. The molecule has 0 aliphatic carbocycles. The normalized spacial score (nSPS) is 11.7. The summed E-state index contributed by atoms with van der Waals surface area (Å²) >= 11 is 0. The molecule has 122 valence electrons. The van der Waals surface area contributed by atoms with Gasteiger partial charge in [0.2, 0.25) is 0 Å². The van der Waals surface area contributed by atoms with Crippen LogP contribution in [0.25, 0.3) is 0 Å². The van der Waals surface area contributed by atoms with E-state index in [-0.39, 0.29) is 24.0 Å². The van der Waals surface area contributed by atoms with E-state index in [0.717, 1.165) is 51.1 Å². The van der Waals surface area contributed by atoms with Gasteiger partial charge in [0.15, 0.2) is 5.96 Å². The highest BCUT2D eigenvalue weighted by molar-refractivity contribution is 14.0. The molecular formula is C15H34IN3O. The maximum Gasteiger partial charge on any atom is 0.191 e. The fourth-order valence-electron chi connectivity index (χ4n) is 1.50. The number of nitrogens with zero attached hydrogens (tertiary/aromatic N) is 1. The average molecular weight is 399 g/mol. The number of hydrogen-bond donors (Lipinski definition) is 2. The van der Waals surface area contributed by atoms with E-state index in [4.69, 9.17) is 4.74 Å². The number of ether oxygens (including phenoxy) is 1. The van der Waals surface area contributed by atoms with E-state index < -0.39 is 0 Å². The molecule has 0 heterocycles. The fourth-order valence-corrected chi connectivity index (χ4v) is 1.50. The largest absolute Gasteiger partial charge is 0.381 e. The van der Waals surface area contributed by atoms with Crippen LogP contribution >= 0.6 is 24.0 Å². The zero-order valence-electron chi connectivity index (χ0n) is 13.9. The van der Waals surface area contributed by atoms with Crippen LogP contribution in [0.5, 0.6) is 0 Å². The van der Waals surface area contributed by atoms with Crippen molar-refractivity contribution in [1.29, 1.82) is 0 Å². The highest BCUT2D eigenvalue weighted by Crippen LogP contribution is 1.96. The molecule has 0 aliphatic rings. The molecule has 2 N–H and O–H groups in total. The van der Waals surface area contributed by atoms with E-state index in [1.807, 2.05) is 0 Å². The van der Waals surface area contributed by atoms with Crippen LogP contribution in [0.4, 0.5) is 0 Å². The second-order valence-corrected chi connectivity index (χ2v) is 5.69. The zero-order valence-corrected chi connectivity index (χ0v) is 16.2. The number of halogens is 1. The summed E-state index contributed by atoms with van der Waals surface area (Å²) < 4.78 is 5.54. The standard InChI is InChI=1S/C15H33N3O.HI/c1-6-16-15(18-10-8-13(2)3)17-9-7-11-19-12-14(4)5;/h13-14H,6-12H2,1-5H3,(H2,16,17,18);1H. The second-order valence-electron chi connectivity index (χ2n) is 5.69. The first-order valence-corrected chi connectivity index (χ1v) is 7.66. The van der Waals surface area contributed by atoms with E-state index in [9.17, 15) is 0 Å². The van der Waals surface area contributed by atoms with Crippen molar-refractivity contribution in [2.75, 3.05) is 32.8 Å². The van der Waals surface area contributed by atoms with Crippen molar-refractivity contribution in [3.05, 3.63) is 0 Å². The van der Waals surface area contributed by atoms with Crippen LogP contribution in [0, 0.1) is 11.8 Å². The predicted molar refractivity (Wildman–Crippen MR) is 99.1 cm³/mol. The lowest BCUT2D eigenvalue weighted by molar-refractivity contribution is 0.109. The maximum absolute atomic E-state index is 5.54. The Bertz CT molecular complexity index is 233. The minimum Gasteiger partial charge on any atom is -0.381 e. The Hall–Kier alpha value is -0.0400. The first-order valence-electron chi connectivity index (χ1n) is 7.66. The molecule has 0 spiro atoms. The lowest BCUT2D eigenvalue weighted by Gasteiger charge is -2.12. The van der Waals surface area contributed by atoms with Crippen LogP contribution in [-0.2, 0) is 4.74 Å². The molecule has 0 saturated carbocycles. The smallest absolute Gasteiger partial charge is 0.191 e. The molecule has 20 heavy (non-hydrogen) atoms. The van der Waals surface area contributed by atoms with Crippen molar-refractivity contribution >= 4 is 29.9 Å². The van der Waals surface area contributed by atoms with E-state index in [1.165, 1.54) is 6.42 Å². The lowest BCUT2D eigenvalue weighted by Crippen LogP contribution is -2.38. The minimum atomic E-state index is 0. The highest BCUT2D eigenvalue weighted by atomic mass is 127. The molecule has 0 aromatic heterocycles. The van der Waals surface area contributed by atoms with Gasteiger partial charge in [0, 0.05) is 32.8 Å². The number of nitrogens with one attached hydrogen (secondary N) is 2. The fraction of sp³-hybridized carbons (Fsp3) is 0.933. The van der Waals surface area contributed by atoms with Gasteiger partial charge in [0.25, 0.3) is 0 Å². The van der Waals surface area contributed by atoms with E-state index >= 15 is 0 Å².